The second kappa shape index (κ2) is 4.00. The van der Waals surface area contributed by atoms with Gasteiger partial charge >= 0.3 is 6.03 Å². The molecule has 1 aliphatic heterocycles. The summed E-state index contributed by atoms with van der Waals surface area (Å²) in [5.74, 6) is 0.191. The summed E-state index contributed by atoms with van der Waals surface area (Å²) < 4.78 is 22.6. The fourth-order valence-electron chi connectivity index (χ4n) is 1.68. The zero-order valence-electron chi connectivity index (χ0n) is 9.33. The first-order chi connectivity index (χ1) is 6.72. The van der Waals surface area contributed by atoms with Gasteiger partial charge in [0, 0.05) is 6.04 Å². The van der Waals surface area contributed by atoms with E-state index in [9.17, 15) is 13.2 Å². The molecular weight excluding hydrogens is 216 g/mol. The average Bonchev–Trinajstić information content (AvgIpc) is 2.22. The van der Waals surface area contributed by atoms with Crippen molar-refractivity contribution in [3.8, 4) is 0 Å². The molecular formula is C9H18N2O3S. The number of carbonyl (C=O) groups is 1. The van der Waals surface area contributed by atoms with Crippen molar-refractivity contribution in [3.05, 3.63) is 0 Å². The Morgan fingerprint density at radius 2 is 2.00 bits per heavy atom. The Morgan fingerprint density at radius 1 is 1.40 bits per heavy atom. The third-order valence-corrected chi connectivity index (χ3v) is 4.24. The molecule has 1 heterocycles. The molecule has 0 spiro atoms. The van der Waals surface area contributed by atoms with Crippen LogP contribution in [0.4, 0.5) is 4.79 Å². The highest BCUT2D eigenvalue weighted by molar-refractivity contribution is 7.91. The van der Waals surface area contributed by atoms with E-state index in [2.05, 4.69) is 10.6 Å². The molecule has 0 unspecified atom stereocenters. The van der Waals surface area contributed by atoms with Crippen molar-refractivity contribution < 1.29 is 13.2 Å². The van der Waals surface area contributed by atoms with Gasteiger partial charge in [0.2, 0.25) is 0 Å². The Kier molecular flexibility index (Phi) is 3.28. The molecule has 1 rings (SSSR count). The predicted molar refractivity (Wildman–Crippen MR) is 58.5 cm³/mol. The van der Waals surface area contributed by atoms with Crippen LogP contribution in [0.5, 0.6) is 0 Å². The number of amides is 2. The number of urea groups is 1. The van der Waals surface area contributed by atoms with Crippen molar-refractivity contribution in [1.82, 2.24) is 10.6 Å². The normalized spacial score (nSPS) is 29.1. The number of rotatable bonds is 2. The van der Waals surface area contributed by atoms with Crippen molar-refractivity contribution >= 4 is 15.9 Å². The third kappa shape index (κ3) is 3.70. The molecule has 15 heavy (non-hydrogen) atoms. The molecule has 88 valence electrons. The van der Waals surface area contributed by atoms with Crippen molar-refractivity contribution in [2.45, 2.75) is 38.8 Å². The molecule has 0 aliphatic carbocycles. The van der Waals surface area contributed by atoms with Crippen LogP contribution >= 0.6 is 0 Å². The molecule has 1 fully saturated rings. The Morgan fingerprint density at radius 3 is 2.40 bits per heavy atom. The summed E-state index contributed by atoms with van der Waals surface area (Å²) in [5, 5.41) is 5.39. The maximum Gasteiger partial charge on any atom is 0.315 e. The van der Waals surface area contributed by atoms with Gasteiger partial charge in [0.05, 0.1) is 17.0 Å². The molecule has 0 aromatic rings. The van der Waals surface area contributed by atoms with Crippen LogP contribution < -0.4 is 10.6 Å². The summed E-state index contributed by atoms with van der Waals surface area (Å²) in [5.41, 5.74) is -0.613. The summed E-state index contributed by atoms with van der Waals surface area (Å²) in [6.07, 6.45) is 0.487. The molecule has 0 radical (unpaired) electrons. The highest BCUT2D eigenvalue weighted by Crippen LogP contribution is 2.22. The molecule has 1 atom stereocenters. The van der Waals surface area contributed by atoms with Gasteiger partial charge in [-0.05, 0) is 27.2 Å². The van der Waals surface area contributed by atoms with Crippen LogP contribution in [0, 0.1) is 0 Å². The standard InChI is InChI=1S/C9H18N2O3S/c1-7(2)10-8(12)11-9(3)4-5-15(13,14)6-9/h7H,4-6H2,1-3H3,(H2,10,11,12)/t9-/m1/s1. The number of hydrogen-bond donors (Lipinski definition) is 2. The van der Waals surface area contributed by atoms with Crippen LogP contribution in [0.1, 0.15) is 27.2 Å². The minimum atomic E-state index is -2.97. The maximum atomic E-state index is 11.4. The average molecular weight is 234 g/mol. The Bertz CT molecular complexity index is 350. The van der Waals surface area contributed by atoms with Crippen LogP contribution in [0.3, 0.4) is 0 Å². The first-order valence-corrected chi connectivity index (χ1v) is 6.84. The summed E-state index contributed by atoms with van der Waals surface area (Å²) in [7, 11) is -2.97. The molecule has 2 amide bonds. The van der Waals surface area contributed by atoms with E-state index in [1.165, 1.54) is 0 Å². The first-order valence-electron chi connectivity index (χ1n) is 5.02. The smallest absolute Gasteiger partial charge is 0.315 e. The van der Waals surface area contributed by atoms with E-state index in [1.807, 2.05) is 13.8 Å². The van der Waals surface area contributed by atoms with Gasteiger partial charge in [-0.1, -0.05) is 0 Å². The van der Waals surface area contributed by atoms with Crippen LogP contribution in [0.2, 0.25) is 0 Å². The van der Waals surface area contributed by atoms with Crippen molar-refractivity contribution in [3.63, 3.8) is 0 Å². The lowest BCUT2D eigenvalue weighted by molar-refractivity contribution is 0.228. The van der Waals surface area contributed by atoms with Crippen LogP contribution in [0.25, 0.3) is 0 Å². The molecule has 0 saturated carbocycles. The van der Waals surface area contributed by atoms with Crippen molar-refractivity contribution in [1.29, 1.82) is 0 Å². The van der Waals surface area contributed by atoms with Gasteiger partial charge in [-0.3, -0.25) is 0 Å². The quantitative estimate of drug-likeness (QED) is 0.720. The minimum absolute atomic E-state index is 0.0332. The molecule has 2 N–H and O–H groups in total. The van der Waals surface area contributed by atoms with Crippen molar-refractivity contribution in [2.75, 3.05) is 11.5 Å². The zero-order valence-corrected chi connectivity index (χ0v) is 10.1. The van der Waals surface area contributed by atoms with E-state index in [4.69, 9.17) is 0 Å². The molecule has 0 aromatic carbocycles. The lowest BCUT2D eigenvalue weighted by Gasteiger charge is -2.24. The van der Waals surface area contributed by atoms with E-state index in [1.54, 1.807) is 6.92 Å². The lowest BCUT2D eigenvalue weighted by atomic mass is 10.0. The predicted octanol–water partition coefficient (Wildman–Crippen LogP) is 0.271. The second-order valence-electron chi connectivity index (χ2n) is 4.66. The van der Waals surface area contributed by atoms with Gasteiger partial charge in [0.15, 0.2) is 9.84 Å². The summed E-state index contributed by atoms with van der Waals surface area (Å²) in [6, 6.07) is -0.254. The van der Waals surface area contributed by atoms with E-state index in [0.717, 1.165) is 0 Å². The minimum Gasteiger partial charge on any atom is -0.336 e. The fourth-order valence-corrected chi connectivity index (χ4v) is 3.77. The Labute approximate surface area is 90.5 Å². The van der Waals surface area contributed by atoms with Gasteiger partial charge in [-0.15, -0.1) is 0 Å². The SMILES string of the molecule is CC(C)NC(=O)N[C@]1(C)CCS(=O)(=O)C1. The van der Waals surface area contributed by atoms with Gasteiger partial charge in [0.1, 0.15) is 0 Å². The van der Waals surface area contributed by atoms with Gasteiger partial charge in [-0.25, -0.2) is 13.2 Å². The highest BCUT2D eigenvalue weighted by Gasteiger charge is 2.39. The topological polar surface area (TPSA) is 75.3 Å². The van der Waals surface area contributed by atoms with Crippen LogP contribution in [0.15, 0.2) is 0 Å². The molecule has 5 nitrogen and oxygen atoms in total. The molecule has 0 aromatic heterocycles. The number of hydrogen-bond acceptors (Lipinski definition) is 3. The maximum absolute atomic E-state index is 11.4. The van der Waals surface area contributed by atoms with Crippen molar-refractivity contribution in [2.24, 2.45) is 0 Å². The lowest BCUT2D eigenvalue weighted by Crippen LogP contribution is -2.52. The van der Waals surface area contributed by atoms with E-state index in [-0.39, 0.29) is 23.6 Å². The first kappa shape index (κ1) is 12.3. The van der Waals surface area contributed by atoms with Crippen LogP contribution in [-0.4, -0.2) is 37.5 Å². The third-order valence-electron chi connectivity index (χ3n) is 2.34. The number of nitrogens with one attached hydrogen (secondary N) is 2. The highest BCUT2D eigenvalue weighted by atomic mass is 32.2. The van der Waals surface area contributed by atoms with Gasteiger partial charge < -0.3 is 10.6 Å². The monoisotopic (exact) mass is 234 g/mol. The number of carbonyl (C=O) groups excluding carboxylic acids is 1. The molecule has 1 aliphatic rings. The summed E-state index contributed by atoms with van der Waals surface area (Å²) in [4.78, 5) is 11.4. The van der Waals surface area contributed by atoms with E-state index < -0.39 is 15.4 Å². The molecule has 1 saturated heterocycles. The van der Waals surface area contributed by atoms with E-state index >= 15 is 0 Å². The molecule has 6 heteroatoms. The largest absolute Gasteiger partial charge is 0.336 e. The summed E-state index contributed by atoms with van der Waals surface area (Å²) in [6.45, 7) is 5.47. The molecule has 0 bridgehead atoms. The van der Waals surface area contributed by atoms with E-state index in [0.29, 0.717) is 6.42 Å². The van der Waals surface area contributed by atoms with Gasteiger partial charge in [0.25, 0.3) is 0 Å². The number of sulfone groups is 1. The fraction of sp³-hybridized carbons (Fsp3) is 0.889. The van der Waals surface area contributed by atoms with Gasteiger partial charge in [-0.2, -0.15) is 0 Å². The Hall–Kier alpha value is -0.780. The van der Waals surface area contributed by atoms with Crippen LogP contribution in [-0.2, 0) is 9.84 Å². The second-order valence-corrected chi connectivity index (χ2v) is 6.84. The zero-order chi connectivity index (χ0) is 11.7. The summed E-state index contributed by atoms with van der Waals surface area (Å²) >= 11 is 0. The Balaban J connectivity index is 2.55.